The van der Waals surface area contributed by atoms with E-state index in [4.69, 9.17) is 0 Å². The summed E-state index contributed by atoms with van der Waals surface area (Å²) in [5.41, 5.74) is 4.45. The summed E-state index contributed by atoms with van der Waals surface area (Å²) in [6, 6.07) is 0. The number of carbonyl (C=O) groups excluding carboxylic acids is 2. The number of fused-ring (bicyclic) bond motifs is 4. The van der Waals surface area contributed by atoms with E-state index in [2.05, 4.69) is 13.8 Å². The quantitative estimate of drug-likeness (QED) is 0.843. The van der Waals surface area contributed by atoms with Crippen LogP contribution in [0.5, 0.6) is 0 Å². The molecule has 5 atom stereocenters. The molecule has 136 valence electrons. The number of ketones is 2. The van der Waals surface area contributed by atoms with E-state index in [0.717, 1.165) is 44.9 Å². The second-order valence-corrected chi connectivity index (χ2v) is 8.90. The van der Waals surface area contributed by atoms with Crippen LogP contribution in [-0.2, 0) is 9.59 Å². The van der Waals surface area contributed by atoms with Gasteiger partial charge in [0.15, 0.2) is 11.6 Å². The number of hydrogen-bond acceptors (Lipinski definition) is 3. The number of aliphatic hydroxyl groups is 1. The third-order valence-corrected chi connectivity index (χ3v) is 7.94. The van der Waals surface area contributed by atoms with Gasteiger partial charge in [-0.1, -0.05) is 25.8 Å². The van der Waals surface area contributed by atoms with Crippen molar-refractivity contribution < 1.29 is 14.7 Å². The molecule has 0 amide bonds. The summed E-state index contributed by atoms with van der Waals surface area (Å²) >= 11 is 0. The van der Waals surface area contributed by atoms with Gasteiger partial charge in [-0.3, -0.25) is 9.59 Å². The second kappa shape index (κ2) is 6.19. The Hall–Kier alpha value is -1.22. The smallest absolute Gasteiger partial charge is 0.162 e. The zero-order chi connectivity index (χ0) is 17.8. The Morgan fingerprint density at radius 3 is 2.80 bits per heavy atom. The van der Waals surface area contributed by atoms with Gasteiger partial charge in [0.05, 0.1) is 0 Å². The second-order valence-electron chi connectivity index (χ2n) is 8.90. The van der Waals surface area contributed by atoms with Crippen LogP contribution in [0.15, 0.2) is 22.8 Å². The van der Waals surface area contributed by atoms with Crippen LogP contribution >= 0.6 is 0 Å². The molecule has 4 aliphatic rings. The Kier molecular flexibility index (Phi) is 4.26. The molecule has 0 aromatic rings. The molecule has 0 radical (unpaired) electrons. The maximum absolute atomic E-state index is 12.6. The molecule has 0 aromatic heterocycles. The van der Waals surface area contributed by atoms with Gasteiger partial charge in [-0.25, -0.2) is 0 Å². The van der Waals surface area contributed by atoms with Gasteiger partial charge >= 0.3 is 0 Å². The van der Waals surface area contributed by atoms with Crippen molar-refractivity contribution in [2.75, 3.05) is 6.61 Å². The van der Waals surface area contributed by atoms with Crippen LogP contribution in [0.4, 0.5) is 0 Å². The lowest BCUT2D eigenvalue weighted by molar-refractivity contribution is -0.131. The Morgan fingerprint density at radius 1 is 1.28 bits per heavy atom. The number of aliphatic hydroxyl groups excluding tert-OH is 1. The van der Waals surface area contributed by atoms with Gasteiger partial charge in [0, 0.05) is 12.3 Å². The van der Waals surface area contributed by atoms with Gasteiger partial charge in [0.2, 0.25) is 0 Å². The number of hydrogen-bond donors (Lipinski definition) is 1. The van der Waals surface area contributed by atoms with Gasteiger partial charge in [0.1, 0.15) is 6.61 Å². The number of Topliss-reactive ketones (excluding diaryl/α,β-unsaturated/α-hetero) is 1. The van der Waals surface area contributed by atoms with E-state index in [-0.39, 0.29) is 23.7 Å². The maximum Gasteiger partial charge on any atom is 0.162 e. The molecule has 4 aliphatic carbocycles. The van der Waals surface area contributed by atoms with E-state index in [1.54, 1.807) is 5.57 Å². The van der Waals surface area contributed by atoms with Crippen LogP contribution in [0.2, 0.25) is 0 Å². The van der Waals surface area contributed by atoms with Gasteiger partial charge < -0.3 is 5.11 Å². The van der Waals surface area contributed by atoms with Gasteiger partial charge in [-0.05, 0) is 78.9 Å². The standard InChI is InChI=1S/C22H30O3/c1-3-13-11-19-18-6-4-14-10-15(24)5-7-16(14)17(18)8-9-22(19,2)21(13)20(25)12-23/h10,13,18-19,21,23H,3-9,11-12H2,1-2H3/t13-,18-,19+,21-,22+/m1/s1. The molecule has 0 heterocycles. The summed E-state index contributed by atoms with van der Waals surface area (Å²) in [5, 5.41) is 9.53. The highest BCUT2D eigenvalue weighted by molar-refractivity contribution is 5.93. The zero-order valence-corrected chi connectivity index (χ0v) is 15.5. The predicted molar refractivity (Wildman–Crippen MR) is 96.9 cm³/mol. The third kappa shape index (κ3) is 2.50. The molecule has 2 fully saturated rings. The fourth-order valence-corrected chi connectivity index (χ4v) is 6.84. The molecule has 2 saturated carbocycles. The molecule has 3 heteroatoms. The average Bonchev–Trinajstić information content (AvgIpc) is 2.93. The van der Waals surface area contributed by atoms with Crippen LogP contribution in [0.3, 0.4) is 0 Å². The number of allylic oxidation sites excluding steroid dienone is 4. The first-order chi connectivity index (χ1) is 12.0. The fraction of sp³-hybridized carbons (Fsp3) is 0.727. The molecule has 25 heavy (non-hydrogen) atoms. The van der Waals surface area contributed by atoms with Crippen molar-refractivity contribution in [3.8, 4) is 0 Å². The molecule has 1 N–H and O–H groups in total. The lowest BCUT2D eigenvalue weighted by atomic mass is 9.55. The first-order valence-corrected chi connectivity index (χ1v) is 10.1. The van der Waals surface area contributed by atoms with E-state index >= 15 is 0 Å². The minimum Gasteiger partial charge on any atom is -0.389 e. The zero-order valence-electron chi connectivity index (χ0n) is 15.5. The van der Waals surface area contributed by atoms with Crippen molar-refractivity contribution in [1.29, 1.82) is 0 Å². The third-order valence-electron chi connectivity index (χ3n) is 7.94. The fourth-order valence-electron chi connectivity index (χ4n) is 6.84. The summed E-state index contributed by atoms with van der Waals surface area (Å²) in [5.74, 6) is 1.96. The molecule has 0 aromatic carbocycles. The lowest BCUT2D eigenvalue weighted by Gasteiger charge is -2.49. The summed E-state index contributed by atoms with van der Waals surface area (Å²) in [6.45, 7) is 4.21. The monoisotopic (exact) mass is 342 g/mol. The van der Waals surface area contributed by atoms with Gasteiger partial charge in [-0.15, -0.1) is 0 Å². The topological polar surface area (TPSA) is 54.4 Å². The van der Waals surface area contributed by atoms with E-state index in [1.807, 2.05) is 6.08 Å². The average molecular weight is 342 g/mol. The molecule has 0 saturated heterocycles. The lowest BCUT2D eigenvalue weighted by Crippen LogP contribution is -2.43. The van der Waals surface area contributed by atoms with Crippen LogP contribution < -0.4 is 0 Å². The van der Waals surface area contributed by atoms with Crippen molar-refractivity contribution in [2.24, 2.45) is 29.1 Å². The van der Waals surface area contributed by atoms with Gasteiger partial charge in [0.25, 0.3) is 0 Å². The van der Waals surface area contributed by atoms with Crippen molar-refractivity contribution in [3.63, 3.8) is 0 Å². The van der Waals surface area contributed by atoms with Crippen LogP contribution in [0.25, 0.3) is 0 Å². The molecular weight excluding hydrogens is 312 g/mol. The Bertz CT molecular complexity index is 671. The minimum absolute atomic E-state index is 0.0314. The Balaban J connectivity index is 1.72. The maximum atomic E-state index is 12.6. The first-order valence-electron chi connectivity index (χ1n) is 10.1. The van der Waals surface area contributed by atoms with E-state index in [9.17, 15) is 14.7 Å². The molecular formula is C22H30O3. The summed E-state index contributed by atoms with van der Waals surface area (Å²) in [7, 11) is 0. The SMILES string of the molecule is CC[C@@H]1C[C@H]2[C@@H]3CCC4=CC(=O)CCC4=C3CC[C@]2(C)[C@H]1C(=O)CO. The minimum atomic E-state index is -0.308. The van der Waals surface area contributed by atoms with E-state index in [0.29, 0.717) is 30.0 Å². The van der Waals surface area contributed by atoms with E-state index in [1.165, 1.54) is 11.1 Å². The Morgan fingerprint density at radius 2 is 2.08 bits per heavy atom. The molecule has 4 rings (SSSR count). The number of rotatable bonds is 3. The van der Waals surface area contributed by atoms with Crippen molar-refractivity contribution in [2.45, 2.75) is 65.2 Å². The number of carbonyl (C=O) groups is 2. The first kappa shape index (κ1) is 17.2. The normalized spacial score (nSPS) is 40.3. The molecule has 0 spiro atoms. The van der Waals surface area contributed by atoms with Gasteiger partial charge in [-0.2, -0.15) is 0 Å². The van der Waals surface area contributed by atoms with E-state index < -0.39 is 0 Å². The largest absolute Gasteiger partial charge is 0.389 e. The molecule has 0 aliphatic heterocycles. The predicted octanol–water partition coefficient (Wildman–Crippen LogP) is 4.01. The summed E-state index contributed by atoms with van der Waals surface area (Å²) in [4.78, 5) is 24.3. The van der Waals surface area contributed by atoms with Crippen molar-refractivity contribution in [1.82, 2.24) is 0 Å². The molecule has 3 nitrogen and oxygen atoms in total. The summed E-state index contributed by atoms with van der Waals surface area (Å²) < 4.78 is 0. The van der Waals surface area contributed by atoms with Crippen LogP contribution in [0.1, 0.15) is 65.2 Å². The Labute approximate surface area is 150 Å². The molecule has 0 bridgehead atoms. The van der Waals surface area contributed by atoms with Crippen LogP contribution in [-0.4, -0.2) is 23.3 Å². The highest BCUT2D eigenvalue weighted by Gasteiger charge is 2.58. The van der Waals surface area contributed by atoms with Crippen molar-refractivity contribution in [3.05, 3.63) is 22.8 Å². The summed E-state index contributed by atoms with van der Waals surface area (Å²) in [6.07, 6.45) is 9.94. The molecule has 0 unspecified atom stereocenters. The highest BCUT2D eigenvalue weighted by Crippen LogP contribution is 2.64. The highest BCUT2D eigenvalue weighted by atomic mass is 16.3. The van der Waals surface area contributed by atoms with Crippen molar-refractivity contribution >= 4 is 11.6 Å². The van der Waals surface area contributed by atoms with Crippen LogP contribution in [0, 0.1) is 29.1 Å².